The molecule has 4 nitrogen and oxygen atoms in total. The van der Waals surface area contributed by atoms with Crippen molar-refractivity contribution in [3.8, 4) is 0 Å². The van der Waals surface area contributed by atoms with Crippen LogP contribution in [0.25, 0.3) is 10.9 Å². The number of carbonyl (C=O) groups excluding carboxylic acids is 1. The summed E-state index contributed by atoms with van der Waals surface area (Å²) in [6.45, 7) is 6.49. The summed E-state index contributed by atoms with van der Waals surface area (Å²) in [5.74, 6) is 0.171. The van der Waals surface area contributed by atoms with Gasteiger partial charge in [-0.05, 0) is 31.4 Å². The van der Waals surface area contributed by atoms with E-state index in [1.807, 2.05) is 24.0 Å². The summed E-state index contributed by atoms with van der Waals surface area (Å²) in [6, 6.07) is 10.3. The topological polar surface area (TPSA) is 34.5 Å². The summed E-state index contributed by atoms with van der Waals surface area (Å²) < 4.78 is 7.58. The largest absolute Gasteiger partial charge is 0.375 e. The molecule has 0 N–H and O–H groups in total. The normalized spacial score (nSPS) is 19.5. The minimum atomic E-state index is 0.134. The van der Waals surface area contributed by atoms with Gasteiger partial charge >= 0.3 is 0 Å². The highest BCUT2D eigenvalue weighted by atomic mass is 16.5. The number of amides is 1. The molecule has 0 saturated carbocycles. The lowest BCUT2D eigenvalue weighted by Gasteiger charge is -2.31. The average molecular weight is 272 g/mol. The van der Waals surface area contributed by atoms with Gasteiger partial charge in [0.25, 0.3) is 0 Å². The first-order valence-corrected chi connectivity index (χ1v) is 7.09. The lowest BCUT2D eigenvalue weighted by molar-refractivity contribution is -0.138. The maximum Gasteiger partial charge on any atom is 0.242 e. The smallest absolute Gasteiger partial charge is 0.242 e. The Morgan fingerprint density at radius 2 is 2.20 bits per heavy atom. The molecule has 1 aromatic heterocycles. The molecule has 1 aliphatic heterocycles. The SMILES string of the molecule is Cc1cc2ccccc2n1CC(=O)N1CCOC(C)C1. The van der Waals surface area contributed by atoms with Crippen molar-refractivity contribution in [3.05, 3.63) is 36.0 Å². The zero-order valence-electron chi connectivity index (χ0n) is 12.0. The van der Waals surface area contributed by atoms with Gasteiger partial charge in [0.2, 0.25) is 5.91 Å². The summed E-state index contributed by atoms with van der Waals surface area (Å²) in [7, 11) is 0. The lowest BCUT2D eigenvalue weighted by Crippen LogP contribution is -2.45. The summed E-state index contributed by atoms with van der Waals surface area (Å²) in [6.07, 6.45) is 0.134. The monoisotopic (exact) mass is 272 g/mol. The van der Waals surface area contributed by atoms with Crippen LogP contribution in [-0.2, 0) is 16.1 Å². The number of nitrogens with zero attached hydrogens (tertiary/aromatic N) is 2. The Morgan fingerprint density at radius 3 is 3.00 bits per heavy atom. The molecule has 4 heteroatoms. The van der Waals surface area contributed by atoms with E-state index in [1.165, 1.54) is 5.39 Å². The molecule has 20 heavy (non-hydrogen) atoms. The molecule has 1 aliphatic rings. The third-order valence-corrected chi connectivity index (χ3v) is 3.90. The standard InChI is InChI=1S/C16H20N2O2/c1-12-9-14-5-3-4-6-15(14)18(12)11-16(19)17-7-8-20-13(2)10-17/h3-6,9,13H,7-8,10-11H2,1-2H3. The molecule has 1 amide bonds. The molecule has 1 unspecified atom stereocenters. The van der Waals surface area contributed by atoms with Gasteiger partial charge in [-0.2, -0.15) is 0 Å². The molecular formula is C16H20N2O2. The summed E-state index contributed by atoms with van der Waals surface area (Å²) in [5, 5.41) is 1.19. The van der Waals surface area contributed by atoms with Gasteiger partial charge in [0.15, 0.2) is 0 Å². The molecule has 2 heterocycles. The third kappa shape index (κ3) is 2.43. The van der Waals surface area contributed by atoms with E-state index in [0.29, 0.717) is 26.2 Å². The molecule has 0 radical (unpaired) electrons. The van der Waals surface area contributed by atoms with Crippen LogP contribution in [0.5, 0.6) is 0 Å². The van der Waals surface area contributed by atoms with Gasteiger partial charge in [0, 0.05) is 24.3 Å². The van der Waals surface area contributed by atoms with E-state index in [-0.39, 0.29) is 12.0 Å². The van der Waals surface area contributed by atoms with E-state index < -0.39 is 0 Å². The van der Waals surface area contributed by atoms with Gasteiger partial charge < -0.3 is 14.2 Å². The number of hydrogen-bond donors (Lipinski definition) is 0. The van der Waals surface area contributed by atoms with Crippen LogP contribution in [0.3, 0.4) is 0 Å². The van der Waals surface area contributed by atoms with Crippen LogP contribution in [0, 0.1) is 6.92 Å². The Labute approximate surface area is 118 Å². The number of aromatic nitrogens is 1. The Hall–Kier alpha value is -1.81. The van der Waals surface area contributed by atoms with Gasteiger partial charge in [-0.1, -0.05) is 18.2 Å². The zero-order valence-corrected chi connectivity index (χ0v) is 12.0. The number of morpholine rings is 1. The Morgan fingerprint density at radius 1 is 1.40 bits per heavy atom. The highest BCUT2D eigenvalue weighted by Crippen LogP contribution is 2.19. The van der Waals surface area contributed by atoms with Crippen LogP contribution in [0.1, 0.15) is 12.6 Å². The third-order valence-electron chi connectivity index (χ3n) is 3.90. The molecular weight excluding hydrogens is 252 g/mol. The number of benzene rings is 1. The van der Waals surface area contributed by atoms with Crippen molar-refractivity contribution in [2.45, 2.75) is 26.5 Å². The first-order chi connectivity index (χ1) is 9.65. The fraction of sp³-hybridized carbons (Fsp3) is 0.438. The van der Waals surface area contributed by atoms with E-state index in [2.05, 4.69) is 29.7 Å². The second kappa shape index (κ2) is 5.29. The van der Waals surface area contributed by atoms with E-state index in [9.17, 15) is 4.79 Å². The highest BCUT2D eigenvalue weighted by Gasteiger charge is 2.22. The summed E-state index contributed by atoms with van der Waals surface area (Å²) in [4.78, 5) is 14.4. The van der Waals surface area contributed by atoms with Crippen molar-refractivity contribution in [1.82, 2.24) is 9.47 Å². The number of rotatable bonds is 2. The molecule has 1 fully saturated rings. The first-order valence-electron chi connectivity index (χ1n) is 7.09. The van der Waals surface area contributed by atoms with Gasteiger partial charge in [-0.15, -0.1) is 0 Å². The fourth-order valence-corrected chi connectivity index (χ4v) is 2.84. The first kappa shape index (κ1) is 13.2. The minimum Gasteiger partial charge on any atom is -0.375 e. The molecule has 106 valence electrons. The van der Waals surface area contributed by atoms with E-state index in [4.69, 9.17) is 4.74 Å². The van der Waals surface area contributed by atoms with Gasteiger partial charge in [0.05, 0.1) is 12.7 Å². The number of ether oxygens (including phenoxy) is 1. The predicted octanol–water partition coefficient (Wildman–Crippen LogP) is 2.20. The second-order valence-corrected chi connectivity index (χ2v) is 5.45. The van der Waals surface area contributed by atoms with Crippen LogP contribution in [-0.4, -0.2) is 41.2 Å². The van der Waals surface area contributed by atoms with Crippen LogP contribution in [0.4, 0.5) is 0 Å². The fourth-order valence-electron chi connectivity index (χ4n) is 2.84. The summed E-state index contributed by atoms with van der Waals surface area (Å²) in [5.41, 5.74) is 2.25. The molecule has 1 atom stereocenters. The van der Waals surface area contributed by atoms with Crippen LogP contribution in [0.15, 0.2) is 30.3 Å². The minimum absolute atomic E-state index is 0.134. The maximum atomic E-state index is 12.5. The van der Waals surface area contributed by atoms with Gasteiger partial charge in [-0.3, -0.25) is 4.79 Å². The van der Waals surface area contributed by atoms with Crippen molar-refractivity contribution in [1.29, 1.82) is 0 Å². The molecule has 0 bridgehead atoms. The van der Waals surface area contributed by atoms with Gasteiger partial charge in [-0.25, -0.2) is 0 Å². The Bertz CT molecular complexity index is 632. The number of carbonyl (C=O) groups is 1. The Balaban J connectivity index is 1.82. The Kier molecular flexibility index (Phi) is 3.49. The second-order valence-electron chi connectivity index (χ2n) is 5.45. The summed E-state index contributed by atoms with van der Waals surface area (Å²) >= 11 is 0. The number of aryl methyl sites for hydroxylation is 1. The highest BCUT2D eigenvalue weighted by molar-refractivity contribution is 5.84. The number of hydrogen-bond acceptors (Lipinski definition) is 2. The van der Waals surface area contributed by atoms with Crippen molar-refractivity contribution in [3.63, 3.8) is 0 Å². The quantitative estimate of drug-likeness (QED) is 0.840. The van der Waals surface area contributed by atoms with Crippen molar-refractivity contribution >= 4 is 16.8 Å². The molecule has 3 rings (SSSR count). The van der Waals surface area contributed by atoms with E-state index >= 15 is 0 Å². The average Bonchev–Trinajstić information content (AvgIpc) is 2.75. The molecule has 1 saturated heterocycles. The van der Waals surface area contributed by atoms with E-state index in [0.717, 1.165) is 11.2 Å². The number of fused-ring (bicyclic) bond motifs is 1. The van der Waals surface area contributed by atoms with Gasteiger partial charge in [0.1, 0.15) is 6.54 Å². The van der Waals surface area contributed by atoms with E-state index in [1.54, 1.807) is 0 Å². The van der Waals surface area contributed by atoms with Crippen LogP contribution >= 0.6 is 0 Å². The molecule has 0 aliphatic carbocycles. The lowest BCUT2D eigenvalue weighted by atomic mass is 10.2. The maximum absolute atomic E-state index is 12.5. The number of para-hydroxylation sites is 1. The predicted molar refractivity (Wildman–Crippen MR) is 78.7 cm³/mol. The van der Waals surface area contributed by atoms with Crippen LogP contribution in [0.2, 0.25) is 0 Å². The van der Waals surface area contributed by atoms with Crippen LogP contribution < -0.4 is 0 Å². The van der Waals surface area contributed by atoms with Crippen molar-refractivity contribution in [2.24, 2.45) is 0 Å². The molecule has 2 aromatic rings. The zero-order chi connectivity index (χ0) is 14.1. The van der Waals surface area contributed by atoms with Crippen molar-refractivity contribution < 1.29 is 9.53 Å². The molecule has 1 aromatic carbocycles. The van der Waals surface area contributed by atoms with Crippen molar-refractivity contribution in [2.75, 3.05) is 19.7 Å². The molecule has 0 spiro atoms.